The maximum atomic E-state index is 13.0. The molecule has 2 aromatic carbocycles. The first-order valence-corrected chi connectivity index (χ1v) is 9.67. The van der Waals surface area contributed by atoms with Crippen LogP contribution in [0.15, 0.2) is 48.5 Å². The zero-order valence-electron chi connectivity index (χ0n) is 15.4. The van der Waals surface area contributed by atoms with Crippen LogP contribution in [0.25, 0.3) is 0 Å². The van der Waals surface area contributed by atoms with Gasteiger partial charge in [0.2, 0.25) is 5.91 Å². The summed E-state index contributed by atoms with van der Waals surface area (Å²) in [6, 6.07) is 14.2. The molecule has 1 fully saturated rings. The Hall–Kier alpha value is -1.95. The van der Waals surface area contributed by atoms with Crippen LogP contribution in [-0.2, 0) is 17.9 Å². The maximum absolute atomic E-state index is 13.0. The molecule has 0 bridgehead atoms. The number of likely N-dealkylation sites (tertiary alicyclic amines) is 1. The van der Waals surface area contributed by atoms with E-state index in [9.17, 15) is 9.18 Å². The van der Waals surface area contributed by atoms with Crippen molar-refractivity contribution in [3.8, 4) is 0 Å². The van der Waals surface area contributed by atoms with Gasteiger partial charge >= 0.3 is 0 Å². The van der Waals surface area contributed by atoms with Crippen LogP contribution >= 0.6 is 11.6 Å². The fourth-order valence-electron chi connectivity index (χ4n) is 3.50. The highest BCUT2D eigenvalue weighted by Crippen LogP contribution is 2.24. The molecule has 6 heteroatoms. The van der Waals surface area contributed by atoms with E-state index >= 15 is 0 Å². The van der Waals surface area contributed by atoms with Crippen LogP contribution in [0, 0.1) is 5.82 Å². The van der Waals surface area contributed by atoms with Gasteiger partial charge in [0.1, 0.15) is 5.82 Å². The topological polar surface area (TPSA) is 44.4 Å². The predicted molar refractivity (Wildman–Crippen MR) is 106 cm³/mol. The molecular formula is C21H25ClFN3O. The lowest BCUT2D eigenvalue weighted by atomic mass is 10.1. The van der Waals surface area contributed by atoms with Crippen LogP contribution in [0.5, 0.6) is 0 Å². The van der Waals surface area contributed by atoms with Crippen LogP contribution < -0.4 is 10.6 Å². The molecule has 1 amide bonds. The summed E-state index contributed by atoms with van der Waals surface area (Å²) in [4.78, 5) is 14.7. The molecule has 0 saturated carbocycles. The van der Waals surface area contributed by atoms with Gasteiger partial charge in [-0.25, -0.2) is 4.39 Å². The van der Waals surface area contributed by atoms with Crippen molar-refractivity contribution in [2.75, 3.05) is 13.1 Å². The maximum Gasteiger partial charge on any atom is 0.237 e. The van der Waals surface area contributed by atoms with Crippen LogP contribution in [0.1, 0.15) is 24.5 Å². The molecule has 27 heavy (non-hydrogen) atoms. The van der Waals surface area contributed by atoms with E-state index < -0.39 is 0 Å². The minimum atomic E-state index is -0.234. The first-order valence-electron chi connectivity index (χ1n) is 9.29. The molecule has 2 atom stereocenters. The Labute approximate surface area is 164 Å². The van der Waals surface area contributed by atoms with Crippen molar-refractivity contribution in [3.63, 3.8) is 0 Å². The minimum absolute atomic E-state index is 0.0515. The number of likely N-dealkylation sites (N-methyl/N-ethyl adjacent to an activating group) is 1. The van der Waals surface area contributed by atoms with Gasteiger partial charge in [-0.05, 0) is 42.7 Å². The van der Waals surface area contributed by atoms with Gasteiger partial charge in [-0.1, -0.05) is 41.9 Å². The van der Waals surface area contributed by atoms with Gasteiger partial charge in [-0.2, -0.15) is 0 Å². The predicted octanol–water partition coefficient (Wildman–Crippen LogP) is 3.35. The van der Waals surface area contributed by atoms with Crippen molar-refractivity contribution in [2.45, 2.75) is 38.5 Å². The lowest BCUT2D eigenvalue weighted by molar-refractivity contribution is -0.125. The zero-order chi connectivity index (χ0) is 19.2. The van der Waals surface area contributed by atoms with Gasteiger partial charge in [0.15, 0.2) is 0 Å². The first-order chi connectivity index (χ1) is 13.1. The molecule has 0 aliphatic carbocycles. The summed E-state index contributed by atoms with van der Waals surface area (Å²) in [7, 11) is 0. The van der Waals surface area contributed by atoms with Crippen LogP contribution in [-0.4, -0.2) is 36.0 Å². The van der Waals surface area contributed by atoms with Crippen molar-refractivity contribution >= 4 is 17.5 Å². The number of hydrogen-bond acceptors (Lipinski definition) is 3. The second kappa shape index (κ2) is 9.31. The average molecular weight is 390 g/mol. The highest BCUT2D eigenvalue weighted by molar-refractivity contribution is 6.31. The summed E-state index contributed by atoms with van der Waals surface area (Å²) in [6.45, 7) is 4.58. The molecule has 3 rings (SSSR count). The van der Waals surface area contributed by atoms with Gasteiger partial charge in [-0.3, -0.25) is 9.69 Å². The van der Waals surface area contributed by atoms with E-state index in [1.165, 1.54) is 12.1 Å². The summed E-state index contributed by atoms with van der Waals surface area (Å²) >= 11 is 6.31. The number of halogens is 2. The van der Waals surface area contributed by atoms with Crippen molar-refractivity contribution in [3.05, 3.63) is 70.5 Å². The second-order valence-corrected chi connectivity index (χ2v) is 7.28. The normalized spacial score (nSPS) is 20.0. The van der Waals surface area contributed by atoms with E-state index in [1.807, 2.05) is 31.2 Å². The third-order valence-electron chi connectivity index (χ3n) is 4.90. The summed E-state index contributed by atoms with van der Waals surface area (Å²) in [5.74, 6) is -0.183. The Bertz CT molecular complexity index is 768. The van der Waals surface area contributed by atoms with E-state index in [0.29, 0.717) is 19.6 Å². The molecule has 0 spiro atoms. The van der Waals surface area contributed by atoms with Gasteiger partial charge in [0.25, 0.3) is 0 Å². The Morgan fingerprint density at radius 1 is 1.22 bits per heavy atom. The lowest BCUT2D eigenvalue weighted by Gasteiger charge is -2.23. The molecular weight excluding hydrogens is 365 g/mol. The molecule has 1 aliphatic rings. The van der Waals surface area contributed by atoms with Crippen LogP contribution in [0.4, 0.5) is 4.39 Å². The summed E-state index contributed by atoms with van der Waals surface area (Å²) < 4.78 is 13.0. The fraction of sp³-hybridized carbons (Fsp3) is 0.381. The Balaban J connectivity index is 1.66. The number of nitrogens with one attached hydrogen (secondary N) is 2. The number of carbonyl (C=O) groups is 1. The largest absolute Gasteiger partial charge is 0.355 e. The highest BCUT2D eigenvalue weighted by atomic mass is 35.5. The molecule has 4 nitrogen and oxygen atoms in total. The third-order valence-corrected chi connectivity index (χ3v) is 5.27. The fourth-order valence-corrected chi connectivity index (χ4v) is 3.70. The van der Waals surface area contributed by atoms with Crippen LogP contribution in [0.3, 0.4) is 0 Å². The zero-order valence-corrected chi connectivity index (χ0v) is 16.2. The van der Waals surface area contributed by atoms with Gasteiger partial charge in [0, 0.05) is 37.2 Å². The number of amides is 1. The molecule has 144 valence electrons. The smallest absolute Gasteiger partial charge is 0.237 e. The summed E-state index contributed by atoms with van der Waals surface area (Å²) in [5, 5.41) is 7.15. The molecule has 2 N–H and O–H groups in total. The number of benzene rings is 2. The molecule has 1 heterocycles. The Kier molecular flexibility index (Phi) is 6.83. The average Bonchev–Trinajstić information content (AvgIpc) is 3.06. The van der Waals surface area contributed by atoms with Crippen molar-refractivity contribution in [2.24, 2.45) is 0 Å². The van der Waals surface area contributed by atoms with Gasteiger partial charge in [0.05, 0.1) is 6.04 Å². The molecule has 0 radical (unpaired) electrons. The highest BCUT2D eigenvalue weighted by Gasteiger charge is 2.36. The minimum Gasteiger partial charge on any atom is -0.355 e. The second-order valence-electron chi connectivity index (χ2n) is 6.87. The van der Waals surface area contributed by atoms with E-state index in [2.05, 4.69) is 15.5 Å². The standard InChI is InChI=1S/C21H25ClFN3O/c1-2-24-21(27)20-11-18(25-12-15-7-9-17(23)10-8-15)14-26(20)13-16-5-3-4-6-19(16)22/h3-10,18,20,25H,2,11-14H2,1H3,(H,24,27)/t18-,20-/m0/s1. The molecule has 0 unspecified atom stereocenters. The van der Waals surface area contributed by atoms with E-state index in [-0.39, 0.29) is 23.8 Å². The molecule has 0 aromatic heterocycles. The monoisotopic (exact) mass is 389 g/mol. The molecule has 1 saturated heterocycles. The van der Waals surface area contributed by atoms with Gasteiger partial charge < -0.3 is 10.6 Å². The molecule has 2 aromatic rings. The number of carbonyl (C=O) groups excluding carboxylic acids is 1. The number of rotatable bonds is 7. The number of hydrogen-bond donors (Lipinski definition) is 2. The quantitative estimate of drug-likeness (QED) is 0.763. The van der Waals surface area contributed by atoms with Crippen LogP contribution in [0.2, 0.25) is 5.02 Å². The molecule has 1 aliphatic heterocycles. The Morgan fingerprint density at radius 3 is 2.67 bits per heavy atom. The lowest BCUT2D eigenvalue weighted by Crippen LogP contribution is -2.42. The summed E-state index contributed by atoms with van der Waals surface area (Å²) in [5.41, 5.74) is 2.04. The SMILES string of the molecule is CCNC(=O)[C@@H]1C[C@H](NCc2ccc(F)cc2)CN1Cc1ccccc1Cl. The van der Waals surface area contributed by atoms with E-state index in [4.69, 9.17) is 11.6 Å². The first kappa shape index (κ1) is 19.8. The summed E-state index contributed by atoms with van der Waals surface area (Å²) in [6.07, 6.45) is 0.734. The van der Waals surface area contributed by atoms with Crippen molar-refractivity contribution in [1.82, 2.24) is 15.5 Å². The van der Waals surface area contributed by atoms with Gasteiger partial charge in [-0.15, -0.1) is 0 Å². The van der Waals surface area contributed by atoms with E-state index in [0.717, 1.165) is 29.1 Å². The van der Waals surface area contributed by atoms with Crippen molar-refractivity contribution in [1.29, 1.82) is 0 Å². The number of nitrogens with zero attached hydrogens (tertiary/aromatic N) is 1. The third kappa shape index (κ3) is 5.28. The van der Waals surface area contributed by atoms with E-state index in [1.54, 1.807) is 12.1 Å². The Morgan fingerprint density at radius 2 is 1.96 bits per heavy atom. The van der Waals surface area contributed by atoms with Crippen molar-refractivity contribution < 1.29 is 9.18 Å².